The molecule has 1 aromatic rings. The van der Waals surface area contributed by atoms with Crippen LogP contribution in [0.3, 0.4) is 0 Å². The van der Waals surface area contributed by atoms with E-state index in [0.717, 1.165) is 17.3 Å². The number of hydrogen-bond acceptors (Lipinski definition) is 1. The Balaban J connectivity index is 2.26. The second-order valence-corrected chi connectivity index (χ2v) is 6.36. The topological polar surface area (TPSA) is 20.2 Å². The van der Waals surface area contributed by atoms with E-state index in [4.69, 9.17) is 23.2 Å². The summed E-state index contributed by atoms with van der Waals surface area (Å²) in [5.74, 6) is 0.292. The number of rotatable bonds is 2. The molecule has 1 aromatic carbocycles. The molecule has 1 aliphatic carbocycles. The van der Waals surface area contributed by atoms with Gasteiger partial charge in [-0.3, -0.25) is 0 Å². The molecule has 1 fully saturated rings. The average Bonchev–Trinajstić information content (AvgIpc) is 2.28. The lowest BCUT2D eigenvalue weighted by Gasteiger charge is -2.28. The summed E-state index contributed by atoms with van der Waals surface area (Å²) in [5.41, 5.74) is 0.684. The SMILES string of the molecule is OC(c1c(Cl)cc(Br)cc1Cl)C1CCCCC1. The fourth-order valence-electron chi connectivity index (χ4n) is 2.52. The van der Waals surface area contributed by atoms with Crippen LogP contribution in [0.5, 0.6) is 0 Å². The van der Waals surface area contributed by atoms with Gasteiger partial charge in [-0.1, -0.05) is 58.4 Å². The zero-order valence-electron chi connectivity index (χ0n) is 9.43. The minimum atomic E-state index is -0.539. The molecule has 0 heterocycles. The third-order valence-electron chi connectivity index (χ3n) is 3.44. The monoisotopic (exact) mass is 336 g/mol. The molecular formula is C13H15BrCl2O. The van der Waals surface area contributed by atoms with Crippen LogP contribution in [-0.2, 0) is 0 Å². The van der Waals surface area contributed by atoms with E-state index in [1.807, 2.05) is 0 Å². The summed E-state index contributed by atoms with van der Waals surface area (Å²) < 4.78 is 0.840. The quantitative estimate of drug-likeness (QED) is 0.769. The normalized spacial score (nSPS) is 19.3. The molecule has 1 unspecified atom stereocenters. The molecule has 0 spiro atoms. The van der Waals surface area contributed by atoms with Crippen molar-refractivity contribution in [2.24, 2.45) is 5.92 Å². The van der Waals surface area contributed by atoms with E-state index in [9.17, 15) is 5.11 Å². The first-order chi connectivity index (χ1) is 8.09. The molecule has 1 saturated carbocycles. The highest BCUT2D eigenvalue weighted by Gasteiger charge is 2.26. The summed E-state index contributed by atoms with van der Waals surface area (Å²) in [7, 11) is 0. The molecule has 0 amide bonds. The van der Waals surface area contributed by atoms with Crippen LogP contribution in [0.2, 0.25) is 10.0 Å². The van der Waals surface area contributed by atoms with Gasteiger partial charge in [-0.15, -0.1) is 0 Å². The van der Waals surface area contributed by atoms with Crippen LogP contribution in [0.15, 0.2) is 16.6 Å². The Kier molecular flexibility index (Phi) is 4.76. The Hall–Kier alpha value is 0.240. The number of benzene rings is 1. The fraction of sp³-hybridized carbons (Fsp3) is 0.538. The van der Waals surface area contributed by atoms with Gasteiger partial charge in [0.2, 0.25) is 0 Å². The van der Waals surface area contributed by atoms with Crippen molar-refractivity contribution in [2.75, 3.05) is 0 Å². The molecule has 94 valence electrons. The van der Waals surface area contributed by atoms with Crippen molar-refractivity contribution >= 4 is 39.1 Å². The number of aliphatic hydroxyl groups is 1. The number of aliphatic hydroxyl groups excluding tert-OH is 1. The first-order valence-electron chi connectivity index (χ1n) is 5.92. The number of hydrogen-bond donors (Lipinski definition) is 1. The van der Waals surface area contributed by atoms with Crippen molar-refractivity contribution in [1.29, 1.82) is 0 Å². The molecule has 0 aromatic heterocycles. The molecule has 2 rings (SSSR count). The third kappa shape index (κ3) is 3.17. The zero-order valence-corrected chi connectivity index (χ0v) is 12.5. The van der Waals surface area contributed by atoms with Crippen LogP contribution in [0, 0.1) is 5.92 Å². The van der Waals surface area contributed by atoms with Gasteiger partial charge in [-0.25, -0.2) is 0 Å². The Bertz CT molecular complexity index is 379. The lowest BCUT2D eigenvalue weighted by atomic mass is 9.83. The van der Waals surface area contributed by atoms with Crippen molar-refractivity contribution < 1.29 is 5.11 Å². The van der Waals surface area contributed by atoms with Gasteiger partial charge in [0.05, 0.1) is 6.10 Å². The molecule has 17 heavy (non-hydrogen) atoms. The van der Waals surface area contributed by atoms with Gasteiger partial charge in [-0.2, -0.15) is 0 Å². The van der Waals surface area contributed by atoms with Gasteiger partial charge >= 0.3 is 0 Å². The van der Waals surface area contributed by atoms with E-state index in [1.165, 1.54) is 19.3 Å². The molecule has 0 bridgehead atoms. The highest BCUT2D eigenvalue weighted by molar-refractivity contribution is 9.10. The molecule has 1 N–H and O–H groups in total. The molecule has 1 aliphatic rings. The van der Waals surface area contributed by atoms with Gasteiger partial charge in [0.1, 0.15) is 0 Å². The van der Waals surface area contributed by atoms with Crippen LogP contribution in [-0.4, -0.2) is 5.11 Å². The molecule has 0 saturated heterocycles. The Labute approximate surface area is 120 Å². The van der Waals surface area contributed by atoms with E-state index < -0.39 is 6.10 Å². The van der Waals surface area contributed by atoms with Crippen molar-refractivity contribution in [3.63, 3.8) is 0 Å². The lowest BCUT2D eigenvalue weighted by molar-refractivity contribution is 0.0850. The number of halogens is 3. The van der Waals surface area contributed by atoms with Crippen LogP contribution < -0.4 is 0 Å². The first-order valence-corrected chi connectivity index (χ1v) is 7.47. The smallest absolute Gasteiger partial charge is 0.0847 e. The predicted molar refractivity (Wildman–Crippen MR) is 75.7 cm³/mol. The first kappa shape index (κ1) is 13.7. The van der Waals surface area contributed by atoms with Crippen LogP contribution >= 0.6 is 39.1 Å². The maximum atomic E-state index is 10.4. The van der Waals surface area contributed by atoms with E-state index in [2.05, 4.69) is 15.9 Å². The highest BCUT2D eigenvalue weighted by Crippen LogP contribution is 2.41. The molecule has 0 aliphatic heterocycles. The molecule has 1 nitrogen and oxygen atoms in total. The standard InChI is InChI=1S/C13H15BrCl2O/c14-9-6-10(15)12(11(16)7-9)13(17)8-4-2-1-3-5-8/h6-8,13,17H,1-5H2. The fourth-order valence-corrected chi connectivity index (χ4v) is 3.95. The maximum Gasteiger partial charge on any atom is 0.0847 e. The van der Waals surface area contributed by atoms with Crippen LogP contribution in [0.4, 0.5) is 0 Å². The highest BCUT2D eigenvalue weighted by atomic mass is 79.9. The van der Waals surface area contributed by atoms with Gasteiger partial charge in [0.15, 0.2) is 0 Å². The minimum absolute atomic E-state index is 0.292. The summed E-state index contributed by atoms with van der Waals surface area (Å²) in [5, 5.41) is 11.5. The van der Waals surface area contributed by atoms with Crippen LogP contribution in [0.25, 0.3) is 0 Å². The van der Waals surface area contributed by atoms with Gasteiger partial charge < -0.3 is 5.11 Å². The van der Waals surface area contributed by atoms with E-state index >= 15 is 0 Å². The van der Waals surface area contributed by atoms with Crippen molar-refractivity contribution in [1.82, 2.24) is 0 Å². The van der Waals surface area contributed by atoms with E-state index in [1.54, 1.807) is 12.1 Å². The lowest BCUT2D eigenvalue weighted by Crippen LogP contribution is -2.16. The third-order valence-corrected chi connectivity index (χ3v) is 4.52. The van der Waals surface area contributed by atoms with Crippen molar-refractivity contribution in [2.45, 2.75) is 38.2 Å². The second kappa shape index (κ2) is 5.92. The molecular weight excluding hydrogens is 323 g/mol. The summed E-state index contributed by atoms with van der Waals surface area (Å²) >= 11 is 15.7. The summed E-state index contributed by atoms with van der Waals surface area (Å²) in [6.07, 6.45) is 5.23. The zero-order chi connectivity index (χ0) is 12.4. The van der Waals surface area contributed by atoms with Gasteiger partial charge in [0.25, 0.3) is 0 Å². The molecule has 4 heteroatoms. The maximum absolute atomic E-state index is 10.4. The molecule has 0 radical (unpaired) electrons. The average molecular weight is 338 g/mol. The molecule has 1 atom stereocenters. The predicted octanol–water partition coefficient (Wildman–Crippen LogP) is 5.37. The minimum Gasteiger partial charge on any atom is -0.388 e. The Morgan fingerprint density at radius 2 is 1.65 bits per heavy atom. The van der Waals surface area contributed by atoms with Gasteiger partial charge in [0, 0.05) is 20.1 Å². The second-order valence-electron chi connectivity index (χ2n) is 4.63. The summed E-state index contributed by atoms with van der Waals surface area (Å²) in [6, 6.07) is 3.57. The largest absolute Gasteiger partial charge is 0.388 e. The van der Waals surface area contributed by atoms with Crippen molar-refractivity contribution in [3.8, 4) is 0 Å². The van der Waals surface area contributed by atoms with E-state index in [-0.39, 0.29) is 0 Å². The van der Waals surface area contributed by atoms with Crippen LogP contribution in [0.1, 0.15) is 43.8 Å². The van der Waals surface area contributed by atoms with Gasteiger partial charge in [-0.05, 0) is 30.9 Å². The van der Waals surface area contributed by atoms with Crippen molar-refractivity contribution in [3.05, 3.63) is 32.2 Å². The summed E-state index contributed by atoms with van der Waals surface area (Å²) in [4.78, 5) is 0. The Morgan fingerprint density at radius 1 is 1.12 bits per heavy atom. The summed E-state index contributed by atoms with van der Waals surface area (Å²) in [6.45, 7) is 0. The Morgan fingerprint density at radius 3 is 2.18 bits per heavy atom. The van der Waals surface area contributed by atoms with E-state index in [0.29, 0.717) is 21.5 Å².